The lowest BCUT2D eigenvalue weighted by Crippen LogP contribution is -2.26. The molecule has 2 nitrogen and oxygen atoms in total. The van der Waals surface area contributed by atoms with Crippen molar-refractivity contribution in [1.29, 1.82) is 0 Å². The maximum atomic E-state index is 5.88. The molecule has 1 unspecified atom stereocenters. The number of aromatic nitrogens is 1. The zero-order valence-electron chi connectivity index (χ0n) is 8.17. The lowest BCUT2D eigenvalue weighted by atomic mass is 10.2. The lowest BCUT2D eigenvalue weighted by Gasteiger charge is -2.13. The first kappa shape index (κ1) is 9.33. The Bertz CT molecular complexity index is 231. The second kappa shape index (κ2) is 3.76. The van der Waals surface area contributed by atoms with Gasteiger partial charge in [-0.15, -0.1) is 0 Å². The van der Waals surface area contributed by atoms with Crippen LogP contribution in [0.5, 0.6) is 0 Å². The van der Waals surface area contributed by atoms with Gasteiger partial charge in [0.25, 0.3) is 0 Å². The van der Waals surface area contributed by atoms with Crippen LogP contribution >= 0.6 is 0 Å². The quantitative estimate of drug-likeness (QED) is 0.730. The number of nitrogens with two attached hydrogens (primary N) is 1. The van der Waals surface area contributed by atoms with Gasteiger partial charge in [-0.2, -0.15) is 0 Å². The van der Waals surface area contributed by atoms with Gasteiger partial charge in [0.15, 0.2) is 0 Å². The van der Waals surface area contributed by atoms with Crippen molar-refractivity contribution < 1.29 is 0 Å². The Morgan fingerprint density at radius 2 is 1.83 bits per heavy atom. The topological polar surface area (TPSA) is 30.9 Å². The summed E-state index contributed by atoms with van der Waals surface area (Å²) < 4.78 is 2.27. The van der Waals surface area contributed by atoms with Gasteiger partial charge in [-0.25, -0.2) is 0 Å². The fraction of sp³-hybridized carbons (Fsp3) is 0.600. The van der Waals surface area contributed by atoms with Crippen molar-refractivity contribution in [2.45, 2.75) is 39.8 Å². The molecule has 12 heavy (non-hydrogen) atoms. The van der Waals surface area contributed by atoms with E-state index >= 15 is 0 Å². The Hall–Kier alpha value is -0.760. The Morgan fingerprint density at radius 1 is 1.33 bits per heavy atom. The first-order valence-electron chi connectivity index (χ1n) is 4.53. The zero-order chi connectivity index (χ0) is 9.14. The Balaban J connectivity index is 2.73. The van der Waals surface area contributed by atoms with Gasteiger partial charge in [0.05, 0.1) is 0 Å². The highest BCUT2D eigenvalue weighted by Gasteiger charge is 2.04. The highest BCUT2D eigenvalue weighted by atomic mass is 15.0. The molecule has 1 rings (SSSR count). The van der Waals surface area contributed by atoms with Gasteiger partial charge >= 0.3 is 0 Å². The molecule has 0 aliphatic carbocycles. The Kier molecular flexibility index (Phi) is 2.93. The van der Waals surface area contributed by atoms with Crippen LogP contribution < -0.4 is 5.73 Å². The van der Waals surface area contributed by atoms with Crippen molar-refractivity contribution in [1.82, 2.24) is 4.57 Å². The Labute approximate surface area is 74.4 Å². The molecule has 2 N–H and O–H groups in total. The molecule has 1 aromatic rings. The van der Waals surface area contributed by atoms with Gasteiger partial charge in [0.2, 0.25) is 0 Å². The van der Waals surface area contributed by atoms with Crippen LogP contribution in [-0.4, -0.2) is 10.6 Å². The van der Waals surface area contributed by atoms with Gasteiger partial charge in [-0.05, 0) is 32.4 Å². The Morgan fingerprint density at radius 3 is 2.25 bits per heavy atom. The van der Waals surface area contributed by atoms with E-state index in [1.807, 2.05) is 0 Å². The molecular weight excluding hydrogens is 148 g/mol. The van der Waals surface area contributed by atoms with Crippen LogP contribution in [0.3, 0.4) is 0 Å². The molecule has 0 aromatic carbocycles. The molecule has 0 saturated carbocycles. The summed E-state index contributed by atoms with van der Waals surface area (Å²) in [6, 6.07) is 4.56. The van der Waals surface area contributed by atoms with Crippen LogP contribution in [0, 0.1) is 13.8 Å². The molecule has 0 radical (unpaired) electrons. The summed E-state index contributed by atoms with van der Waals surface area (Å²) in [5.41, 5.74) is 8.49. The minimum Gasteiger partial charge on any atom is -0.348 e. The minimum absolute atomic E-state index is 0.287. The first-order chi connectivity index (χ1) is 5.65. The molecule has 1 aromatic heterocycles. The van der Waals surface area contributed by atoms with E-state index in [0.29, 0.717) is 0 Å². The number of aryl methyl sites for hydroxylation is 2. The average Bonchev–Trinajstić information content (AvgIpc) is 2.35. The largest absolute Gasteiger partial charge is 0.348 e. The van der Waals surface area contributed by atoms with Gasteiger partial charge in [0.1, 0.15) is 0 Å². The third-order valence-electron chi connectivity index (χ3n) is 2.36. The predicted octanol–water partition coefficient (Wildman–Crippen LogP) is 1.84. The van der Waals surface area contributed by atoms with E-state index in [9.17, 15) is 0 Å². The van der Waals surface area contributed by atoms with Gasteiger partial charge in [0, 0.05) is 24.0 Å². The van der Waals surface area contributed by atoms with E-state index in [1.54, 1.807) is 0 Å². The average molecular weight is 166 g/mol. The van der Waals surface area contributed by atoms with E-state index in [2.05, 4.69) is 37.5 Å². The maximum Gasteiger partial charge on any atom is 0.0376 e. The van der Waals surface area contributed by atoms with Crippen LogP contribution in [0.15, 0.2) is 12.1 Å². The number of hydrogen-bond donors (Lipinski definition) is 1. The van der Waals surface area contributed by atoms with E-state index in [1.165, 1.54) is 11.4 Å². The van der Waals surface area contributed by atoms with Crippen molar-refractivity contribution in [3.8, 4) is 0 Å². The summed E-state index contributed by atoms with van der Waals surface area (Å²) in [6.07, 6.45) is 1.04. The molecule has 0 bridgehead atoms. The molecule has 0 amide bonds. The van der Waals surface area contributed by atoms with Crippen LogP contribution in [0.25, 0.3) is 0 Å². The first-order valence-corrected chi connectivity index (χ1v) is 4.53. The summed E-state index contributed by atoms with van der Waals surface area (Å²) >= 11 is 0. The summed E-state index contributed by atoms with van der Waals surface area (Å²) in [6.45, 7) is 7.31. The third kappa shape index (κ3) is 1.89. The van der Waals surface area contributed by atoms with E-state index in [4.69, 9.17) is 5.73 Å². The second-order valence-corrected chi connectivity index (χ2v) is 3.40. The van der Waals surface area contributed by atoms with E-state index in [0.717, 1.165) is 13.0 Å². The molecule has 1 heterocycles. The molecule has 0 aliphatic heterocycles. The van der Waals surface area contributed by atoms with Gasteiger partial charge in [-0.3, -0.25) is 0 Å². The monoisotopic (exact) mass is 166 g/mol. The summed E-state index contributed by atoms with van der Waals surface area (Å²) in [7, 11) is 0. The van der Waals surface area contributed by atoms with Gasteiger partial charge in [-0.1, -0.05) is 6.92 Å². The molecule has 0 saturated heterocycles. The third-order valence-corrected chi connectivity index (χ3v) is 2.36. The molecule has 2 heteroatoms. The van der Waals surface area contributed by atoms with Crippen molar-refractivity contribution in [3.63, 3.8) is 0 Å². The summed E-state index contributed by atoms with van der Waals surface area (Å²) in [5.74, 6) is 0. The molecule has 0 fully saturated rings. The van der Waals surface area contributed by atoms with Crippen LogP contribution in [-0.2, 0) is 6.54 Å². The van der Waals surface area contributed by atoms with Gasteiger partial charge < -0.3 is 10.3 Å². The van der Waals surface area contributed by atoms with Crippen molar-refractivity contribution >= 4 is 0 Å². The molecular formula is C10H18N2. The molecule has 0 spiro atoms. The number of hydrogen-bond acceptors (Lipinski definition) is 1. The van der Waals surface area contributed by atoms with Crippen molar-refractivity contribution in [3.05, 3.63) is 23.5 Å². The molecule has 0 aliphatic rings. The predicted molar refractivity (Wildman–Crippen MR) is 52.2 cm³/mol. The smallest absolute Gasteiger partial charge is 0.0376 e. The second-order valence-electron chi connectivity index (χ2n) is 3.40. The zero-order valence-corrected chi connectivity index (χ0v) is 8.17. The van der Waals surface area contributed by atoms with Crippen LogP contribution in [0.2, 0.25) is 0 Å². The fourth-order valence-corrected chi connectivity index (χ4v) is 1.35. The van der Waals surface area contributed by atoms with Crippen molar-refractivity contribution in [2.75, 3.05) is 0 Å². The van der Waals surface area contributed by atoms with Crippen LogP contribution in [0.1, 0.15) is 24.7 Å². The standard InChI is InChI=1S/C10H18N2/c1-4-10(11)7-12-8(2)5-6-9(12)3/h5-6,10H,4,7,11H2,1-3H3. The van der Waals surface area contributed by atoms with Crippen LogP contribution in [0.4, 0.5) is 0 Å². The summed E-state index contributed by atoms with van der Waals surface area (Å²) in [5, 5.41) is 0. The fourth-order valence-electron chi connectivity index (χ4n) is 1.35. The van der Waals surface area contributed by atoms with Crippen molar-refractivity contribution in [2.24, 2.45) is 5.73 Å². The highest BCUT2D eigenvalue weighted by Crippen LogP contribution is 2.08. The number of nitrogens with zero attached hydrogens (tertiary/aromatic N) is 1. The van der Waals surface area contributed by atoms with E-state index in [-0.39, 0.29) is 6.04 Å². The number of rotatable bonds is 3. The normalized spacial score (nSPS) is 13.3. The SMILES string of the molecule is CCC(N)Cn1c(C)ccc1C. The minimum atomic E-state index is 0.287. The summed E-state index contributed by atoms with van der Waals surface area (Å²) in [4.78, 5) is 0. The highest BCUT2D eigenvalue weighted by molar-refractivity contribution is 5.13. The molecule has 1 atom stereocenters. The maximum absolute atomic E-state index is 5.88. The lowest BCUT2D eigenvalue weighted by molar-refractivity contribution is 0.525. The molecule has 68 valence electrons. The van der Waals surface area contributed by atoms with E-state index < -0.39 is 0 Å².